The van der Waals surface area contributed by atoms with E-state index >= 15 is 0 Å². The van der Waals surface area contributed by atoms with E-state index < -0.39 is 15.7 Å². The number of sulfone groups is 1. The van der Waals surface area contributed by atoms with Crippen LogP contribution in [0.2, 0.25) is 0 Å². The standard InChI is InChI=1S/C15H15FN2O3S2/c16-10-3-1-2-4-11(10)18-12-7-23(20,21)8-13(12)22-15(18)17-14(19)9-5-6-9/h1-4,9,12-13H,5-8H2. The van der Waals surface area contributed by atoms with Gasteiger partial charge in [-0.25, -0.2) is 12.8 Å². The second-order valence-corrected chi connectivity index (χ2v) is 9.49. The molecule has 1 saturated carbocycles. The first-order chi connectivity index (χ1) is 10.9. The van der Waals surface area contributed by atoms with E-state index in [2.05, 4.69) is 4.99 Å². The Hall–Kier alpha value is -1.41. The summed E-state index contributed by atoms with van der Waals surface area (Å²) < 4.78 is 38.1. The van der Waals surface area contributed by atoms with Crippen molar-refractivity contribution in [3.05, 3.63) is 30.1 Å². The molecule has 2 atom stereocenters. The molecule has 5 nitrogen and oxygen atoms in total. The van der Waals surface area contributed by atoms with Crippen molar-refractivity contribution >= 4 is 38.4 Å². The lowest BCUT2D eigenvalue weighted by molar-refractivity contribution is -0.118. The van der Waals surface area contributed by atoms with Crippen LogP contribution < -0.4 is 4.90 Å². The van der Waals surface area contributed by atoms with Gasteiger partial charge in [-0.3, -0.25) is 4.79 Å². The molecule has 0 aromatic heterocycles. The van der Waals surface area contributed by atoms with E-state index in [-0.39, 0.29) is 40.3 Å². The summed E-state index contributed by atoms with van der Waals surface area (Å²) in [4.78, 5) is 17.8. The van der Waals surface area contributed by atoms with Crippen LogP contribution in [0.3, 0.4) is 0 Å². The van der Waals surface area contributed by atoms with Crippen LogP contribution in [-0.2, 0) is 14.6 Å². The number of fused-ring (bicyclic) bond motifs is 1. The Morgan fingerprint density at radius 1 is 1.26 bits per heavy atom. The first kappa shape index (κ1) is 15.1. The Bertz CT molecular complexity index is 805. The van der Waals surface area contributed by atoms with Crippen LogP contribution in [0.4, 0.5) is 10.1 Å². The third-order valence-corrected chi connectivity index (χ3v) is 7.52. The Morgan fingerprint density at radius 2 is 2.00 bits per heavy atom. The number of amides is 1. The number of halogens is 1. The third-order valence-electron chi connectivity index (χ3n) is 4.31. The van der Waals surface area contributed by atoms with Gasteiger partial charge in [-0.15, -0.1) is 0 Å². The summed E-state index contributed by atoms with van der Waals surface area (Å²) in [5.74, 6) is -0.629. The number of rotatable bonds is 2. The Kier molecular flexibility index (Phi) is 3.49. The molecule has 1 aromatic rings. The maximum Gasteiger partial charge on any atom is 0.251 e. The van der Waals surface area contributed by atoms with Crippen LogP contribution in [-0.4, -0.2) is 42.3 Å². The summed E-state index contributed by atoms with van der Waals surface area (Å²) in [6.45, 7) is 0. The topological polar surface area (TPSA) is 66.8 Å². The summed E-state index contributed by atoms with van der Waals surface area (Å²) in [5, 5.41) is 0.224. The van der Waals surface area contributed by atoms with Crippen LogP contribution in [0.25, 0.3) is 0 Å². The van der Waals surface area contributed by atoms with E-state index in [0.29, 0.717) is 5.17 Å². The van der Waals surface area contributed by atoms with Gasteiger partial charge in [-0.1, -0.05) is 23.9 Å². The average Bonchev–Trinajstić information content (AvgIpc) is 3.22. The minimum absolute atomic E-state index is 0.0188. The number of nitrogens with zero attached hydrogens (tertiary/aromatic N) is 2. The number of aliphatic imine (C=N–C) groups is 1. The Balaban J connectivity index is 1.75. The van der Waals surface area contributed by atoms with Gasteiger partial charge >= 0.3 is 0 Å². The van der Waals surface area contributed by atoms with Gasteiger partial charge in [0.15, 0.2) is 15.0 Å². The van der Waals surface area contributed by atoms with Crippen LogP contribution in [0.5, 0.6) is 0 Å². The Morgan fingerprint density at radius 3 is 2.70 bits per heavy atom. The molecule has 2 aliphatic heterocycles. The molecule has 122 valence electrons. The first-order valence-electron chi connectivity index (χ1n) is 7.48. The summed E-state index contributed by atoms with van der Waals surface area (Å²) in [6, 6.07) is 5.84. The lowest BCUT2D eigenvalue weighted by atomic mass is 10.2. The smallest absolute Gasteiger partial charge is 0.251 e. The van der Waals surface area contributed by atoms with E-state index in [1.165, 1.54) is 17.8 Å². The second kappa shape index (κ2) is 5.31. The number of amidine groups is 1. The van der Waals surface area contributed by atoms with Gasteiger partial charge in [0, 0.05) is 11.2 Å². The fourth-order valence-corrected chi connectivity index (χ4v) is 6.92. The molecule has 8 heteroatoms. The molecule has 4 rings (SSSR count). The van der Waals surface area contributed by atoms with E-state index in [0.717, 1.165) is 12.8 Å². The molecular weight excluding hydrogens is 339 g/mol. The predicted molar refractivity (Wildman–Crippen MR) is 87.9 cm³/mol. The number of hydrogen-bond acceptors (Lipinski definition) is 4. The molecule has 0 N–H and O–H groups in total. The monoisotopic (exact) mass is 354 g/mol. The highest BCUT2D eigenvalue weighted by atomic mass is 32.2. The molecule has 3 fully saturated rings. The van der Waals surface area contributed by atoms with Gasteiger partial charge in [0.1, 0.15) is 5.82 Å². The summed E-state index contributed by atoms with van der Waals surface area (Å²) in [7, 11) is -3.14. The van der Waals surface area contributed by atoms with Gasteiger partial charge in [-0.05, 0) is 25.0 Å². The maximum atomic E-state index is 14.2. The summed E-state index contributed by atoms with van der Waals surface area (Å²) in [5.41, 5.74) is 0.284. The molecular formula is C15H15FN2O3S2. The second-order valence-electron chi connectivity index (χ2n) is 6.13. The molecule has 0 spiro atoms. The van der Waals surface area contributed by atoms with Gasteiger partial charge in [0.25, 0.3) is 5.91 Å². The highest BCUT2D eigenvalue weighted by Crippen LogP contribution is 2.42. The van der Waals surface area contributed by atoms with Gasteiger partial charge in [-0.2, -0.15) is 4.99 Å². The van der Waals surface area contributed by atoms with Crippen molar-refractivity contribution in [1.29, 1.82) is 0 Å². The minimum atomic E-state index is -3.14. The molecule has 0 bridgehead atoms. The lowest BCUT2D eigenvalue weighted by Gasteiger charge is -2.24. The largest absolute Gasteiger partial charge is 0.313 e. The zero-order valence-corrected chi connectivity index (χ0v) is 13.8. The Labute approximate surface area is 137 Å². The van der Waals surface area contributed by atoms with Crippen molar-refractivity contribution in [3.63, 3.8) is 0 Å². The zero-order valence-electron chi connectivity index (χ0n) is 12.2. The van der Waals surface area contributed by atoms with Crippen molar-refractivity contribution in [2.45, 2.75) is 24.1 Å². The van der Waals surface area contributed by atoms with Crippen LogP contribution >= 0.6 is 11.8 Å². The number of hydrogen-bond donors (Lipinski definition) is 0. The summed E-state index contributed by atoms with van der Waals surface area (Å²) >= 11 is 1.28. The molecule has 1 amide bonds. The molecule has 2 unspecified atom stereocenters. The van der Waals surface area contributed by atoms with Crippen molar-refractivity contribution in [1.82, 2.24) is 0 Å². The molecule has 2 saturated heterocycles. The van der Waals surface area contributed by atoms with E-state index in [1.807, 2.05) is 0 Å². The van der Waals surface area contributed by atoms with E-state index in [9.17, 15) is 17.6 Å². The average molecular weight is 354 g/mol. The van der Waals surface area contributed by atoms with Crippen molar-refractivity contribution in [2.75, 3.05) is 16.4 Å². The molecule has 1 aliphatic carbocycles. The highest BCUT2D eigenvalue weighted by molar-refractivity contribution is 8.16. The normalized spacial score (nSPS) is 30.7. The van der Waals surface area contributed by atoms with Crippen molar-refractivity contribution in [3.8, 4) is 0 Å². The maximum absolute atomic E-state index is 14.2. The zero-order chi connectivity index (χ0) is 16.2. The van der Waals surface area contributed by atoms with Crippen molar-refractivity contribution < 1.29 is 17.6 Å². The molecule has 23 heavy (non-hydrogen) atoms. The minimum Gasteiger partial charge on any atom is -0.313 e. The van der Waals surface area contributed by atoms with Crippen LogP contribution in [0, 0.1) is 11.7 Å². The number of carbonyl (C=O) groups excluding carboxylic acids is 1. The van der Waals surface area contributed by atoms with E-state index in [4.69, 9.17) is 0 Å². The SMILES string of the molecule is O=C(N=C1SC2CS(=O)(=O)CC2N1c1ccccc1F)C1CC1. The molecule has 2 heterocycles. The number of carbonyl (C=O) groups is 1. The molecule has 0 radical (unpaired) electrons. The van der Waals surface area contributed by atoms with Crippen LogP contribution in [0.1, 0.15) is 12.8 Å². The van der Waals surface area contributed by atoms with Gasteiger partial charge in [0.05, 0.1) is 23.2 Å². The third kappa shape index (κ3) is 2.78. The van der Waals surface area contributed by atoms with Crippen LogP contribution in [0.15, 0.2) is 29.3 Å². The van der Waals surface area contributed by atoms with Gasteiger partial charge in [0.2, 0.25) is 0 Å². The fraction of sp³-hybridized carbons (Fsp3) is 0.467. The first-order valence-corrected chi connectivity index (χ1v) is 10.2. The molecule has 3 aliphatic rings. The number of thioether (sulfide) groups is 1. The highest BCUT2D eigenvalue weighted by Gasteiger charge is 2.50. The van der Waals surface area contributed by atoms with Crippen molar-refractivity contribution in [2.24, 2.45) is 10.9 Å². The number of benzene rings is 1. The predicted octanol–water partition coefficient (Wildman–Crippen LogP) is 1.84. The number of para-hydroxylation sites is 1. The lowest BCUT2D eigenvalue weighted by Crippen LogP contribution is -2.38. The summed E-state index contributed by atoms with van der Waals surface area (Å²) in [6.07, 6.45) is 1.70. The van der Waals surface area contributed by atoms with E-state index in [1.54, 1.807) is 23.1 Å². The van der Waals surface area contributed by atoms with Gasteiger partial charge < -0.3 is 4.90 Å². The molecule has 1 aromatic carbocycles. The number of anilines is 1. The fourth-order valence-electron chi connectivity index (χ4n) is 3.01. The quantitative estimate of drug-likeness (QED) is 0.811.